The van der Waals surface area contributed by atoms with Gasteiger partial charge in [-0.05, 0) is 30.2 Å². The zero-order valence-electron chi connectivity index (χ0n) is 13.4. The molecule has 1 aromatic heterocycles. The number of pyridine rings is 1. The maximum absolute atomic E-state index is 12.4. The predicted octanol–water partition coefficient (Wildman–Crippen LogP) is 2.38. The van der Waals surface area contributed by atoms with Crippen LogP contribution in [0.2, 0.25) is 0 Å². The second kappa shape index (κ2) is 7.41. The standard InChI is InChI=1S/C16H18F3N5O/c1-10-2-4-12(6-15(10)25-16(17,18)19)24(22)9-13(21)14-5-3-11(7-20)8-23-14/h2-6,8-9H,7,20-22H2,1H3/b13-9-. The highest BCUT2D eigenvalue weighted by Gasteiger charge is 2.31. The molecular weight excluding hydrogens is 335 g/mol. The monoisotopic (exact) mass is 353 g/mol. The summed E-state index contributed by atoms with van der Waals surface area (Å²) in [6, 6.07) is 7.64. The fraction of sp³-hybridized carbons (Fsp3) is 0.188. The summed E-state index contributed by atoms with van der Waals surface area (Å²) in [5, 5.41) is 1.09. The van der Waals surface area contributed by atoms with Crippen LogP contribution in [0.1, 0.15) is 16.8 Å². The molecule has 25 heavy (non-hydrogen) atoms. The average molecular weight is 353 g/mol. The van der Waals surface area contributed by atoms with Crippen molar-refractivity contribution in [3.63, 3.8) is 0 Å². The molecule has 2 rings (SSSR count). The fourth-order valence-electron chi connectivity index (χ4n) is 1.99. The van der Waals surface area contributed by atoms with Crippen LogP contribution in [0.25, 0.3) is 5.70 Å². The molecule has 2 aromatic rings. The van der Waals surface area contributed by atoms with Crippen molar-refractivity contribution < 1.29 is 17.9 Å². The van der Waals surface area contributed by atoms with E-state index in [2.05, 4.69) is 9.72 Å². The molecule has 9 heteroatoms. The predicted molar refractivity (Wildman–Crippen MR) is 88.8 cm³/mol. The lowest BCUT2D eigenvalue weighted by Crippen LogP contribution is -2.26. The van der Waals surface area contributed by atoms with Gasteiger partial charge >= 0.3 is 6.36 Å². The highest BCUT2D eigenvalue weighted by atomic mass is 19.4. The number of hydrogen-bond donors (Lipinski definition) is 3. The molecule has 0 radical (unpaired) electrons. The number of aryl methyl sites for hydroxylation is 1. The van der Waals surface area contributed by atoms with Crippen LogP contribution in [-0.2, 0) is 6.54 Å². The van der Waals surface area contributed by atoms with Gasteiger partial charge < -0.3 is 16.2 Å². The van der Waals surface area contributed by atoms with Gasteiger partial charge in [-0.15, -0.1) is 13.2 Å². The quantitative estimate of drug-likeness (QED) is 0.563. The number of alkyl halides is 3. The highest BCUT2D eigenvalue weighted by Crippen LogP contribution is 2.29. The van der Waals surface area contributed by atoms with Gasteiger partial charge in [-0.25, -0.2) is 5.84 Å². The Morgan fingerprint density at radius 3 is 2.56 bits per heavy atom. The molecule has 1 heterocycles. The number of anilines is 1. The number of hydrazine groups is 1. The zero-order valence-corrected chi connectivity index (χ0v) is 13.4. The molecule has 6 N–H and O–H groups in total. The molecule has 0 bridgehead atoms. The summed E-state index contributed by atoms with van der Waals surface area (Å²) in [5.41, 5.74) is 13.6. The molecule has 134 valence electrons. The van der Waals surface area contributed by atoms with Crippen LogP contribution in [0.4, 0.5) is 18.9 Å². The first kappa shape index (κ1) is 18.6. The molecule has 0 saturated carbocycles. The van der Waals surface area contributed by atoms with E-state index in [9.17, 15) is 13.2 Å². The van der Waals surface area contributed by atoms with Crippen LogP contribution in [0.15, 0.2) is 42.7 Å². The van der Waals surface area contributed by atoms with Gasteiger partial charge in [-0.1, -0.05) is 12.1 Å². The summed E-state index contributed by atoms with van der Waals surface area (Å²) < 4.78 is 41.3. The number of rotatable bonds is 5. The van der Waals surface area contributed by atoms with Crippen molar-refractivity contribution >= 4 is 11.4 Å². The summed E-state index contributed by atoms with van der Waals surface area (Å²) in [5.74, 6) is 5.53. The number of nitrogens with two attached hydrogens (primary N) is 3. The Labute approximate surface area is 142 Å². The van der Waals surface area contributed by atoms with Gasteiger partial charge in [0, 0.05) is 25.0 Å². The van der Waals surface area contributed by atoms with E-state index < -0.39 is 6.36 Å². The van der Waals surface area contributed by atoms with Crippen molar-refractivity contribution in [1.82, 2.24) is 4.98 Å². The molecule has 1 aromatic carbocycles. The Bertz CT molecular complexity index is 759. The molecule has 0 fully saturated rings. The zero-order chi connectivity index (χ0) is 18.6. The van der Waals surface area contributed by atoms with Crippen molar-refractivity contribution in [1.29, 1.82) is 0 Å². The summed E-state index contributed by atoms with van der Waals surface area (Å²) in [6.45, 7) is 1.85. The van der Waals surface area contributed by atoms with E-state index in [-0.39, 0.29) is 17.1 Å². The van der Waals surface area contributed by atoms with Gasteiger partial charge in [0.25, 0.3) is 0 Å². The van der Waals surface area contributed by atoms with Crippen LogP contribution in [0, 0.1) is 6.92 Å². The van der Waals surface area contributed by atoms with E-state index >= 15 is 0 Å². The molecule has 0 aliphatic rings. The van der Waals surface area contributed by atoms with Crippen LogP contribution >= 0.6 is 0 Å². The molecule has 0 aliphatic carbocycles. The van der Waals surface area contributed by atoms with Crippen molar-refractivity contribution in [2.24, 2.45) is 17.3 Å². The van der Waals surface area contributed by atoms with E-state index in [4.69, 9.17) is 17.3 Å². The van der Waals surface area contributed by atoms with Crippen LogP contribution in [0.5, 0.6) is 5.75 Å². The smallest absolute Gasteiger partial charge is 0.405 e. The summed E-state index contributed by atoms with van der Waals surface area (Å²) in [7, 11) is 0. The Balaban J connectivity index is 2.24. The molecule has 6 nitrogen and oxygen atoms in total. The van der Waals surface area contributed by atoms with E-state index in [1.54, 1.807) is 24.4 Å². The summed E-state index contributed by atoms with van der Waals surface area (Å²) in [6.07, 6.45) is -1.85. The lowest BCUT2D eigenvalue weighted by atomic mass is 10.2. The van der Waals surface area contributed by atoms with E-state index in [0.29, 0.717) is 17.8 Å². The third kappa shape index (κ3) is 5.10. The molecule has 0 saturated heterocycles. The lowest BCUT2D eigenvalue weighted by Gasteiger charge is -2.18. The maximum Gasteiger partial charge on any atom is 0.573 e. The molecular formula is C16H18F3N5O. The normalized spacial score (nSPS) is 12.2. The largest absolute Gasteiger partial charge is 0.573 e. The first-order valence-corrected chi connectivity index (χ1v) is 7.22. The Morgan fingerprint density at radius 1 is 1.28 bits per heavy atom. The number of halogens is 3. The molecule has 0 amide bonds. The minimum Gasteiger partial charge on any atom is -0.405 e. The maximum atomic E-state index is 12.4. The van der Waals surface area contributed by atoms with Crippen LogP contribution in [0.3, 0.4) is 0 Å². The van der Waals surface area contributed by atoms with Crippen LogP contribution in [-0.4, -0.2) is 11.3 Å². The first-order chi connectivity index (χ1) is 11.7. The molecule has 0 spiro atoms. The van der Waals surface area contributed by atoms with Gasteiger partial charge in [0.05, 0.1) is 17.1 Å². The summed E-state index contributed by atoms with van der Waals surface area (Å²) in [4.78, 5) is 4.15. The van der Waals surface area contributed by atoms with Crippen molar-refractivity contribution in [2.75, 3.05) is 5.01 Å². The van der Waals surface area contributed by atoms with Gasteiger partial charge in [0.1, 0.15) is 5.75 Å². The van der Waals surface area contributed by atoms with Crippen molar-refractivity contribution in [3.8, 4) is 5.75 Å². The Kier molecular flexibility index (Phi) is 5.50. The third-order valence-electron chi connectivity index (χ3n) is 3.33. The van der Waals surface area contributed by atoms with Crippen molar-refractivity contribution in [2.45, 2.75) is 19.8 Å². The SMILES string of the molecule is Cc1ccc(N(N)/C=C(\N)c2ccc(CN)cn2)cc1OC(F)(F)F. The number of benzene rings is 1. The summed E-state index contributed by atoms with van der Waals surface area (Å²) >= 11 is 0. The van der Waals surface area contributed by atoms with Crippen LogP contribution < -0.4 is 27.1 Å². The molecule has 0 atom stereocenters. The van der Waals surface area contributed by atoms with Gasteiger partial charge in [0.2, 0.25) is 0 Å². The van der Waals surface area contributed by atoms with Crippen molar-refractivity contribution in [3.05, 3.63) is 59.5 Å². The van der Waals surface area contributed by atoms with Gasteiger partial charge in [-0.2, -0.15) is 0 Å². The number of ether oxygens (including phenoxy) is 1. The fourth-order valence-corrected chi connectivity index (χ4v) is 1.99. The van der Waals surface area contributed by atoms with E-state index in [1.165, 1.54) is 25.3 Å². The third-order valence-corrected chi connectivity index (χ3v) is 3.33. The topological polar surface area (TPSA) is 103 Å². The number of nitrogens with zero attached hydrogens (tertiary/aromatic N) is 2. The first-order valence-electron chi connectivity index (χ1n) is 7.22. The van der Waals surface area contributed by atoms with Gasteiger partial charge in [-0.3, -0.25) is 9.99 Å². The second-order valence-electron chi connectivity index (χ2n) is 5.25. The Morgan fingerprint density at radius 2 is 2.00 bits per heavy atom. The number of hydrogen-bond acceptors (Lipinski definition) is 6. The van der Waals surface area contributed by atoms with E-state index in [1.807, 2.05) is 0 Å². The molecule has 0 aliphatic heterocycles. The minimum atomic E-state index is -4.79. The highest BCUT2D eigenvalue weighted by molar-refractivity contribution is 5.64. The van der Waals surface area contributed by atoms with E-state index in [0.717, 1.165) is 10.6 Å². The van der Waals surface area contributed by atoms with Gasteiger partial charge in [0.15, 0.2) is 0 Å². The second-order valence-corrected chi connectivity index (χ2v) is 5.25. The lowest BCUT2D eigenvalue weighted by molar-refractivity contribution is -0.274. The average Bonchev–Trinajstić information content (AvgIpc) is 2.55. The molecule has 0 unspecified atom stereocenters. The Hall–Kier alpha value is -2.78. The minimum absolute atomic E-state index is 0.241. The number of aromatic nitrogens is 1.